The summed E-state index contributed by atoms with van der Waals surface area (Å²) < 4.78 is 27.2. The summed E-state index contributed by atoms with van der Waals surface area (Å²) in [4.78, 5) is 5.11. The first kappa shape index (κ1) is 16.1. The molecule has 124 valence electrons. The lowest BCUT2D eigenvalue weighted by atomic mass is 10.1. The van der Waals surface area contributed by atoms with Crippen molar-refractivity contribution >= 4 is 16.6 Å². The lowest BCUT2D eigenvalue weighted by molar-refractivity contribution is 0.418. The molecule has 2 aromatic carbocycles. The van der Waals surface area contributed by atoms with Crippen LogP contribution in [0.1, 0.15) is 11.1 Å². The number of hydrogen-bond acceptors (Lipinski definition) is 2. The van der Waals surface area contributed by atoms with Crippen molar-refractivity contribution in [3.05, 3.63) is 77.8 Å². The van der Waals surface area contributed by atoms with Gasteiger partial charge in [0.25, 0.3) is 0 Å². The number of fused-ring (bicyclic) bond motifs is 1. The van der Waals surface area contributed by atoms with Gasteiger partial charge in [0.15, 0.2) is 0 Å². The molecule has 5 heteroatoms. The molecule has 0 unspecified atom stereocenters. The first-order chi connectivity index (χ1) is 11.5. The van der Waals surface area contributed by atoms with E-state index in [0.717, 1.165) is 22.5 Å². The molecule has 0 aliphatic carbocycles. The van der Waals surface area contributed by atoms with E-state index in [1.807, 2.05) is 36.3 Å². The van der Waals surface area contributed by atoms with Crippen molar-refractivity contribution < 1.29 is 8.78 Å². The molecule has 0 bridgehead atoms. The Kier molecular flexibility index (Phi) is 4.25. The SMILES string of the molecule is C=C(Nc1c(C)cc(F)cc1F)N(C)Cc1c[nH]c2ccccc12. The Hall–Kier alpha value is -2.82. The predicted octanol–water partition coefficient (Wildman–Crippen LogP) is 4.77. The van der Waals surface area contributed by atoms with Crippen molar-refractivity contribution in [1.82, 2.24) is 9.88 Å². The van der Waals surface area contributed by atoms with Gasteiger partial charge in [0.2, 0.25) is 0 Å². The lowest BCUT2D eigenvalue weighted by Crippen LogP contribution is -2.22. The summed E-state index contributed by atoms with van der Waals surface area (Å²) in [5.74, 6) is -0.684. The summed E-state index contributed by atoms with van der Waals surface area (Å²) >= 11 is 0. The summed E-state index contributed by atoms with van der Waals surface area (Å²) in [5.41, 5.74) is 2.92. The summed E-state index contributed by atoms with van der Waals surface area (Å²) in [6.45, 7) is 6.22. The van der Waals surface area contributed by atoms with Crippen LogP contribution >= 0.6 is 0 Å². The highest BCUT2D eigenvalue weighted by molar-refractivity contribution is 5.83. The van der Waals surface area contributed by atoms with Crippen LogP contribution in [0, 0.1) is 18.6 Å². The van der Waals surface area contributed by atoms with E-state index in [0.29, 0.717) is 17.9 Å². The molecule has 0 saturated heterocycles. The molecule has 0 amide bonds. The summed E-state index contributed by atoms with van der Waals surface area (Å²) in [7, 11) is 1.87. The molecule has 2 N–H and O–H groups in total. The van der Waals surface area contributed by atoms with Crippen LogP contribution in [0.4, 0.5) is 14.5 Å². The Morgan fingerprint density at radius 1 is 1.25 bits per heavy atom. The Labute approximate surface area is 139 Å². The van der Waals surface area contributed by atoms with Gasteiger partial charge >= 0.3 is 0 Å². The molecular formula is C19H19F2N3. The van der Waals surface area contributed by atoms with Gasteiger partial charge in [0.1, 0.15) is 11.6 Å². The maximum absolute atomic E-state index is 14.0. The Morgan fingerprint density at radius 3 is 2.75 bits per heavy atom. The summed E-state index contributed by atoms with van der Waals surface area (Å²) in [6.07, 6.45) is 1.96. The van der Waals surface area contributed by atoms with Gasteiger partial charge in [-0.1, -0.05) is 24.8 Å². The highest BCUT2D eigenvalue weighted by atomic mass is 19.1. The third-order valence-electron chi connectivity index (χ3n) is 4.06. The number of aryl methyl sites for hydroxylation is 1. The molecule has 0 saturated carbocycles. The van der Waals surface area contributed by atoms with Gasteiger partial charge in [-0.15, -0.1) is 0 Å². The highest BCUT2D eigenvalue weighted by Gasteiger charge is 2.12. The molecule has 0 fully saturated rings. The van der Waals surface area contributed by atoms with Crippen LogP contribution in [-0.4, -0.2) is 16.9 Å². The van der Waals surface area contributed by atoms with E-state index in [1.54, 1.807) is 6.92 Å². The van der Waals surface area contributed by atoms with Gasteiger partial charge in [0.05, 0.1) is 11.5 Å². The Balaban J connectivity index is 1.76. The summed E-state index contributed by atoms with van der Waals surface area (Å²) in [5, 5.41) is 4.09. The minimum atomic E-state index is -0.630. The zero-order chi connectivity index (χ0) is 17.3. The molecule has 24 heavy (non-hydrogen) atoms. The maximum Gasteiger partial charge on any atom is 0.149 e. The third-order valence-corrected chi connectivity index (χ3v) is 4.06. The smallest absolute Gasteiger partial charge is 0.149 e. The van der Waals surface area contributed by atoms with Crippen LogP contribution < -0.4 is 5.32 Å². The molecule has 0 atom stereocenters. The fraction of sp³-hybridized carbons (Fsp3) is 0.158. The quantitative estimate of drug-likeness (QED) is 0.707. The van der Waals surface area contributed by atoms with Gasteiger partial charge in [0, 0.05) is 36.8 Å². The number of anilines is 1. The van der Waals surface area contributed by atoms with E-state index in [-0.39, 0.29) is 5.69 Å². The van der Waals surface area contributed by atoms with Crippen molar-refractivity contribution in [2.24, 2.45) is 0 Å². The van der Waals surface area contributed by atoms with Crippen molar-refractivity contribution in [2.75, 3.05) is 12.4 Å². The molecule has 0 spiro atoms. The van der Waals surface area contributed by atoms with Crippen molar-refractivity contribution in [2.45, 2.75) is 13.5 Å². The molecular weight excluding hydrogens is 308 g/mol. The van der Waals surface area contributed by atoms with Gasteiger partial charge in [-0.05, 0) is 30.2 Å². The van der Waals surface area contributed by atoms with E-state index in [2.05, 4.69) is 22.9 Å². The number of H-pyrrole nitrogens is 1. The number of rotatable bonds is 5. The topological polar surface area (TPSA) is 31.1 Å². The molecule has 0 aliphatic rings. The fourth-order valence-corrected chi connectivity index (χ4v) is 2.71. The second kappa shape index (κ2) is 6.35. The van der Waals surface area contributed by atoms with E-state index in [1.165, 1.54) is 6.07 Å². The second-order valence-electron chi connectivity index (χ2n) is 5.87. The Morgan fingerprint density at radius 2 is 2.00 bits per heavy atom. The zero-order valence-corrected chi connectivity index (χ0v) is 13.7. The van der Waals surface area contributed by atoms with Gasteiger partial charge in [-0.3, -0.25) is 0 Å². The first-order valence-electron chi connectivity index (χ1n) is 7.63. The van der Waals surface area contributed by atoms with E-state index >= 15 is 0 Å². The number of benzene rings is 2. The number of aromatic nitrogens is 1. The number of nitrogens with one attached hydrogen (secondary N) is 2. The normalized spacial score (nSPS) is 10.8. The molecule has 3 aromatic rings. The molecule has 0 radical (unpaired) electrons. The standard InChI is InChI=1S/C19H19F2N3/c1-12-8-15(20)9-17(21)19(12)23-13(2)24(3)11-14-10-22-18-7-5-4-6-16(14)18/h4-10,22-23H,2,11H2,1,3H3. The van der Waals surface area contributed by atoms with Crippen LogP contribution in [0.5, 0.6) is 0 Å². The maximum atomic E-state index is 14.0. The number of halogens is 2. The van der Waals surface area contributed by atoms with Crippen LogP contribution in [0.15, 0.2) is 55.0 Å². The molecule has 3 nitrogen and oxygen atoms in total. The number of nitrogens with zero attached hydrogens (tertiary/aromatic N) is 1. The van der Waals surface area contributed by atoms with E-state index in [9.17, 15) is 8.78 Å². The van der Waals surface area contributed by atoms with Gasteiger partial charge in [-0.2, -0.15) is 0 Å². The summed E-state index contributed by atoms with van der Waals surface area (Å²) in [6, 6.07) is 10.2. The largest absolute Gasteiger partial charge is 0.361 e. The average molecular weight is 327 g/mol. The highest BCUT2D eigenvalue weighted by Crippen LogP contribution is 2.24. The van der Waals surface area contributed by atoms with Gasteiger partial charge in [-0.25, -0.2) is 8.78 Å². The molecule has 1 heterocycles. The van der Waals surface area contributed by atoms with E-state index in [4.69, 9.17) is 0 Å². The molecule has 0 aliphatic heterocycles. The van der Waals surface area contributed by atoms with Crippen molar-refractivity contribution in [3.8, 4) is 0 Å². The van der Waals surface area contributed by atoms with E-state index < -0.39 is 11.6 Å². The number of aromatic amines is 1. The Bertz CT molecular complexity index is 876. The van der Waals surface area contributed by atoms with Crippen LogP contribution in [0.2, 0.25) is 0 Å². The van der Waals surface area contributed by atoms with Crippen molar-refractivity contribution in [1.29, 1.82) is 0 Å². The number of para-hydroxylation sites is 1. The third kappa shape index (κ3) is 3.11. The first-order valence-corrected chi connectivity index (χ1v) is 7.63. The van der Waals surface area contributed by atoms with Crippen LogP contribution in [0.25, 0.3) is 10.9 Å². The van der Waals surface area contributed by atoms with Crippen molar-refractivity contribution in [3.63, 3.8) is 0 Å². The molecule has 3 rings (SSSR count). The average Bonchev–Trinajstić information content (AvgIpc) is 2.94. The predicted molar refractivity (Wildman–Crippen MR) is 93.6 cm³/mol. The van der Waals surface area contributed by atoms with Crippen LogP contribution in [-0.2, 0) is 6.54 Å². The van der Waals surface area contributed by atoms with Crippen LogP contribution in [0.3, 0.4) is 0 Å². The number of hydrogen-bond donors (Lipinski definition) is 2. The lowest BCUT2D eigenvalue weighted by Gasteiger charge is -2.23. The minimum Gasteiger partial charge on any atom is -0.361 e. The monoisotopic (exact) mass is 327 g/mol. The molecule has 1 aromatic heterocycles. The van der Waals surface area contributed by atoms with Gasteiger partial charge < -0.3 is 15.2 Å². The fourth-order valence-electron chi connectivity index (χ4n) is 2.71. The minimum absolute atomic E-state index is 0.243. The second-order valence-corrected chi connectivity index (χ2v) is 5.87. The zero-order valence-electron chi connectivity index (χ0n) is 13.7.